The Morgan fingerprint density at radius 3 is 2.67 bits per heavy atom. The van der Waals surface area contributed by atoms with Crippen molar-refractivity contribution in [1.82, 2.24) is 10.6 Å². The van der Waals surface area contributed by atoms with Crippen LogP contribution in [0, 0.1) is 5.41 Å². The summed E-state index contributed by atoms with van der Waals surface area (Å²) < 4.78 is 0. The first kappa shape index (κ1) is 10.7. The molecule has 0 unspecified atom stereocenters. The molecular formula is C7H17N5. The van der Waals surface area contributed by atoms with Crippen molar-refractivity contribution >= 4 is 11.9 Å². The SMILES string of the molecule is CCCCN/C(=N\C)NC(=N)N. The Hall–Kier alpha value is -1.26. The van der Waals surface area contributed by atoms with E-state index in [1.807, 2.05) is 0 Å². The van der Waals surface area contributed by atoms with E-state index in [4.69, 9.17) is 11.1 Å². The molecule has 0 amide bonds. The van der Waals surface area contributed by atoms with Gasteiger partial charge in [0.1, 0.15) is 0 Å². The molecular weight excluding hydrogens is 154 g/mol. The van der Waals surface area contributed by atoms with Crippen LogP contribution in [0.1, 0.15) is 19.8 Å². The highest BCUT2D eigenvalue weighted by Gasteiger charge is 1.95. The summed E-state index contributed by atoms with van der Waals surface area (Å²) in [5.74, 6) is 0.454. The minimum absolute atomic E-state index is 0.0976. The van der Waals surface area contributed by atoms with Crippen LogP contribution in [0.3, 0.4) is 0 Å². The fraction of sp³-hybridized carbons (Fsp3) is 0.714. The molecule has 0 saturated carbocycles. The Kier molecular flexibility index (Phi) is 5.77. The van der Waals surface area contributed by atoms with Gasteiger partial charge in [-0.3, -0.25) is 15.7 Å². The lowest BCUT2D eigenvalue weighted by Crippen LogP contribution is -2.44. The fourth-order valence-electron chi connectivity index (χ4n) is 0.690. The van der Waals surface area contributed by atoms with Crippen molar-refractivity contribution in [2.45, 2.75) is 19.8 Å². The third-order valence-corrected chi connectivity index (χ3v) is 1.30. The lowest BCUT2D eigenvalue weighted by Gasteiger charge is -2.08. The van der Waals surface area contributed by atoms with Crippen molar-refractivity contribution < 1.29 is 0 Å². The maximum atomic E-state index is 6.95. The molecule has 0 heterocycles. The molecule has 0 spiro atoms. The molecule has 0 fully saturated rings. The van der Waals surface area contributed by atoms with Crippen LogP contribution in [0.4, 0.5) is 0 Å². The number of hydrogen-bond donors (Lipinski definition) is 4. The second-order valence-electron chi connectivity index (χ2n) is 2.39. The Balaban J connectivity index is 3.62. The third-order valence-electron chi connectivity index (χ3n) is 1.30. The van der Waals surface area contributed by atoms with Crippen molar-refractivity contribution in [3.8, 4) is 0 Å². The second kappa shape index (κ2) is 6.45. The van der Waals surface area contributed by atoms with E-state index in [1.54, 1.807) is 7.05 Å². The number of nitrogens with two attached hydrogens (primary N) is 1. The van der Waals surface area contributed by atoms with Gasteiger partial charge in [0, 0.05) is 13.6 Å². The van der Waals surface area contributed by atoms with Crippen LogP contribution in [0.25, 0.3) is 0 Å². The Morgan fingerprint density at radius 2 is 2.25 bits per heavy atom. The van der Waals surface area contributed by atoms with E-state index in [0.717, 1.165) is 19.4 Å². The van der Waals surface area contributed by atoms with Crippen molar-refractivity contribution in [2.24, 2.45) is 10.7 Å². The number of nitrogens with one attached hydrogen (secondary N) is 3. The molecule has 0 radical (unpaired) electrons. The molecule has 5 heteroatoms. The minimum atomic E-state index is -0.0976. The van der Waals surface area contributed by atoms with E-state index in [-0.39, 0.29) is 5.96 Å². The van der Waals surface area contributed by atoms with E-state index >= 15 is 0 Å². The lowest BCUT2D eigenvalue weighted by atomic mass is 10.3. The van der Waals surface area contributed by atoms with Gasteiger partial charge in [0.25, 0.3) is 0 Å². The number of guanidine groups is 2. The van der Waals surface area contributed by atoms with E-state index < -0.39 is 0 Å². The number of rotatable bonds is 3. The quantitative estimate of drug-likeness (QED) is 0.270. The molecule has 0 atom stereocenters. The molecule has 0 aromatic carbocycles. The van der Waals surface area contributed by atoms with Gasteiger partial charge in [-0.25, -0.2) is 0 Å². The molecule has 12 heavy (non-hydrogen) atoms. The van der Waals surface area contributed by atoms with E-state index in [9.17, 15) is 0 Å². The summed E-state index contributed by atoms with van der Waals surface area (Å²) in [6.45, 7) is 2.96. The van der Waals surface area contributed by atoms with E-state index in [0.29, 0.717) is 5.96 Å². The zero-order chi connectivity index (χ0) is 9.40. The molecule has 0 aliphatic carbocycles. The number of nitrogens with zero attached hydrogens (tertiary/aromatic N) is 1. The first-order valence-corrected chi connectivity index (χ1v) is 4.02. The van der Waals surface area contributed by atoms with Crippen molar-refractivity contribution in [3.05, 3.63) is 0 Å². The van der Waals surface area contributed by atoms with E-state index in [1.165, 1.54) is 0 Å². The van der Waals surface area contributed by atoms with Gasteiger partial charge in [-0.05, 0) is 6.42 Å². The van der Waals surface area contributed by atoms with Crippen LogP contribution in [-0.2, 0) is 0 Å². The van der Waals surface area contributed by atoms with Crippen molar-refractivity contribution in [3.63, 3.8) is 0 Å². The van der Waals surface area contributed by atoms with Gasteiger partial charge in [0.2, 0.25) is 0 Å². The second-order valence-corrected chi connectivity index (χ2v) is 2.39. The molecule has 70 valence electrons. The van der Waals surface area contributed by atoms with Crippen LogP contribution in [0.2, 0.25) is 0 Å². The van der Waals surface area contributed by atoms with E-state index in [2.05, 4.69) is 22.5 Å². The first-order chi connectivity index (χ1) is 5.70. The molecule has 0 aromatic heterocycles. The summed E-state index contributed by atoms with van der Waals surface area (Å²) in [5, 5.41) is 12.6. The zero-order valence-corrected chi connectivity index (χ0v) is 7.65. The number of hydrogen-bond acceptors (Lipinski definition) is 2. The summed E-state index contributed by atoms with van der Waals surface area (Å²) >= 11 is 0. The Labute approximate surface area is 72.9 Å². The highest BCUT2D eigenvalue weighted by atomic mass is 15.2. The summed E-state index contributed by atoms with van der Waals surface area (Å²) in [6.07, 6.45) is 2.21. The van der Waals surface area contributed by atoms with Crippen LogP contribution in [0.5, 0.6) is 0 Å². The topological polar surface area (TPSA) is 86.3 Å². The molecule has 0 saturated heterocycles. The third kappa shape index (κ3) is 5.52. The highest BCUT2D eigenvalue weighted by Crippen LogP contribution is 1.81. The van der Waals surface area contributed by atoms with Gasteiger partial charge in [-0.15, -0.1) is 0 Å². The van der Waals surface area contributed by atoms with Crippen LogP contribution in [-0.4, -0.2) is 25.5 Å². The van der Waals surface area contributed by atoms with Crippen molar-refractivity contribution in [1.29, 1.82) is 5.41 Å². The minimum Gasteiger partial charge on any atom is -0.370 e. The summed E-state index contributed by atoms with van der Waals surface area (Å²) in [7, 11) is 1.64. The number of aliphatic imine (C=N–C) groups is 1. The largest absolute Gasteiger partial charge is 0.370 e. The first-order valence-electron chi connectivity index (χ1n) is 4.02. The molecule has 5 N–H and O–H groups in total. The fourth-order valence-corrected chi connectivity index (χ4v) is 0.690. The average molecular weight is 171 g/mol. The Bertz CT molecular complexity index is 163. The molecule has 0 rings (SSSR count). The van der Waals surface area contributed by atoms with Gasteiger partial charge >= 0.3 is 0 Å². The highest BCUT2D eigenvalue weighted by molar-refractivity contribution is 5.96. The average Bonchev–Trinajstić information content (AvgIpc) is 2.02. The van der Waals surface area contributed by atoms with Crippen LogP contribution < -0.4 is 16.4 Å². The van der Waals surface area contributed by atoms with Crippen LogP contribution in [0.15, 0.2) is 4.99 Å². The lowest BCUT2D eigenvalue weighted by molar-refractivity contribution is 0.745. The normalized spacial score (nSPS) is 11.0. The Morgan fingerprint density at radius 1 is 1.58 bits per heavy atom. The summed E-state index contributed by atoms with van der Waals surface area (Å²) in [4.78, 5) is 3.87. The summed E-state index contributed by atoms with van der Waals surface area (Å²) in [5.41, 5.74) is 5.12. The van der Waals surface area contributed by atoms with Gasteiger partial charge in [0.15, 0.2) is 11.9 Å². The maximum Gasteiger partial charge on any atom is 0.197 e. The predicted octanol–water partition coefficient (Wildman–Crippen LogP) is -0.155. The summed E-state index contributed by atoms with van der Waals surface area (Å²) in [6, 6.07) is 0. The maximum absolute atomic E-state index is 6.95. The van der Waals surface area contributed by atoms with Crippen LogP contribution >= 0.6 is 0 Å². The van der Waals surface area contributed by atoms with Gasteiger partial charge in [-0.1, -0.05) is 13.3 Å². The standard InChI is InChI=1S/C7H17N5/c1-3-4-5-11-7(10-2)12-6(8)9/h3-5H2,1-2H3,(H5,8,9,10,11,12). The molecule has 0 aromatic rings. The molecule has 0 bridgehead atoms. The predicted molar refractivity (Wildman–Crippen MR) is 51.3 cm³/mol. The van der Waals surface area contributed by atoms with Gasteiger partial charge < -0.3 is 11.1 Å². The molecule has 0 aliphatic heterocycles. The zero-order valence-electron chi connectivity index (χ0n) is 7.65. The monoisotopic (exact) mass is 171 g/mol. The smallest absolute Gasteiger partial charge is 0.197 e. The van der Waals surface area contributed by atoms with Crippen molar-refractivity contribution in [2.75, 3.05) is 13.6 Å². The van der Waals surface area contributed by atoms with Gasteiger partial charge in [-0.2, -0.15) is 0 Å². The molecule has 0 aliphatic rings. The number of unbranched alkanes of at least 4 members (excludes halogenated alkanes) is 1. The van der Waals surface area contributed by atoms with Gasteiger partial charge in [0.05, 0.1) is 0 Å². The molecule has 5 nitrogen and oxygen atoms in total.